The number of β-amino-alcohol motifs (C(OH)–C–C–N with tert-alkyl or cyclic N) is 2. The maximum atomic E-state index is 11.7. The van der Waals surface area contributed by atoms with Crippen molar-refractivity contribution in [1.29, 1.82) is 0 Å². The van der Waals surface area contributed by atoms with Crippen LogP contribution in [0.25, 0.3) is 0 Å². The van der Waals surface area contributed by atoms with Crippen LogP contribution in [-0.4, -0.2) is 59.0 Å². The monoisotopic (exact) mass is 299 g/mol. The second-order valence-electron chi connectivity index (χ2n) is 6.82. The van der Waals surface area contributed by atoms with Gasteiger partial charge in [-0.3, -0.25) is 9.69 Å². The first-order valence-electron chi connectivity index (χ1n) is 8.23. The quantitative estimate of drug-likeness (QED) is 0.763. The maximum absolute atomic E-state index is 11.7. The van der Waals surface area contributed by atoms with Crippen LogP contribution in [0.2, 0.25) is 0 Å². The van der Waals surface area contributed by atoms with Gasteiger partial charge in [0.05, 0.1) is 24.2 Å². The SMILES string of the molecule is CCOC(=O)C1CCC(O)(CN2CCC(C)C(O)C2)CC1. The third-order valence-electron chi connectivity index (χ3n) is 5.06. The lowest BCUT2D eigenvalue weighted by Gasteiger charge is -2.42. The molecule has 0 amide bonds. The molecule has 122 valence electrons. The number of nitrogens with zero attached hydrogens (tertiary/aromatic N) is 1. The van der Waals surface area contributed by atoms with Crippen LogP contribution >= 0.6 is 0 Å². The van der Waals surface area contributed by atoms with E-state index >= 15 is 0 Å². The van der Waals surface area contributed by atoms with Gasteiger partial charge in [-0.1, -0.05) is 6.92 Å². The summed E-state index contributed by atoms with van der Waals surface area (Å²) in [5.41, 5.74) is -0.719. The molecule has 1 saturated heterocycles. The zero-order chi connectivity index (χ0) is 15.5. The van der Waals surface area contributed by atoms with Crippen LogP contribution in [0.15, 0.2) is 0 Å². The maximum Gasteiger partial charge on any atom is 0.308 e. The number of carbonyl (C=O) groups excluding carboxylic acids is 1. The van der Waals surface area contributed by atoms with E-state index in [0.717, 1.165) is 13.0 Å². The topological polar surface area (TPSA) is 70.0 Å². The number of hydrogen-bond acceptors (Lipinski definition) is 5. The summed E-state index contributed by atoms with van der Waals surface area (Å²) in [5.74, 6) is 0.161. The van der Waals surface area contributed by atoms with Gasteiger partial charge in [0.25, 0.3) is 0 Å². The summed E-state index contributed by atoms with van der Waals surface area (Å²) in [4.78, 5) is 13.9. The van der Waals surface area contributed by atoms with Crippen LogP contribution in [-0.2, 0) is 9.53 Å². The molecule has 0 radical (unpaired) electrons. The molecule has 2 aliphatic rings. The lowest BCUT2D eigenvalue weighted by atomic mass is 9.78. The molecule has 2 atom stereocenters. The molecule has 5 heteroatoms. The summed E-state index contributed by atoms with van der Waals surface area (Å²) in [6, 6.07) is 0. The average Bonchev–Trinajstić information content (AvgIpc) is 2.44. The summed E-state index contributed by atoms with van der Waals surface area (Å²) < 4.78 is 5.06. The smallest absolute Gasteiger partial charge is 0.308 e. The van der Waals surface area contributed by atoms with E-state index in [2.05, 4.69) is 11.8 Å². The normalized spacial score (nSPS) is 38.2. The van der Waals surface area contributed by atoms with E-state index in [4.69, 9.17) is 4.74 Å². The minimum atomic E-state index is -0.719. The molecular weight excluding hydrogens is 270 g/mol. The van der Waals surface area contributed by atoms with Gasteiger partial charge in [-0.2, -0.15) is 0 Å². The second kappa shape index (κ2) is 7.07. The molecular formula is C16H29NO4. The van der Waals surface area contributed by atoms with E-state index in [-0.39, 0.29) is 18.0 Å². The Hall–Kier alpha value is -0.650. The third-order valence-corrected chi connectivity index (χ3v) is 5.06. The number of piperidine rings is 1. The number of rotatable bonds is 4. The molecule has 1 aliphatic carbocycles. The highest BCUT2D eigenvalue weighted by atomic mass is 16.5. The molecule has 2 rings (SSSR count). The Kier molecular flexibility index (Phi) is 5.63. The highest BCUT2D eigenvalue weighted by Gasteiger charge is 2.38. The van der Waals surface area contributed by atoms with E-state index in [1.165, 1.54) is 0 Å². The predicted molar refractivity (Wildman–Crippen MR) is 79.8 cm³/mol. The van der Waals surface area contributed by atoms with Gasteiger partial charge < -0.3 is 14.9 Å². The van der Waals surface area contributed by atoms with Crippen molar-refractivity contribution in [1.82, 2.24) is 4.90 Å². The molecule has 0 aromatic heterocycles. The van der Waals surface area contributed by atoms with Crippen LogP contribution in [0.5, 0.6) is 0 Å². The molecule has 2 N–H and O–H groups in total. The van der Waals surface area contributed by atoms with Crippen molar-refractivity contribution in [3.05, 3.63) is 0 Å². The number of aliphatic hydroxyl groups is 2. The largest absolute Gasteiger partial charge is 0.466 e. The van der Waals surface area contributed by atoms with E-state index in [1.807, 2.05) is 6.92 Å². The summed E-state index contributed by atoms with van der Waals surface area (Å²) >= 11 is 0. The van der Waals surface area contributed by atoms with Crippen molar-refractivity contribution < 1.29 is 19.7 Å². The Morgan fingerprint density at radius 2 is 2.00 bits per heavy atom. The second-order valence-corrected chi connectivity index (χ2v) is 6.82. The van der Waals surface area contributed by atoms with E-state index < -0.39 is 5.60 Å². The molecule has 21 heavy (non-hydrogen) atoms. The van der Waals surface area contributed by atoms with Gasteiger partial charge in [-0.25, -0.2) is 0 Å². The molecule has 0 spiro atoms. The fourth-order valence-corrected chi connectivity index (χ4v) is 3.48. The Balaban J connectivity index is 1.81. The Labute approximate surface area is 127 Å². The van der Waals surface area contributed by atoms with Crippen molar-refractivity contribution in [2.24, 2.45) is 11.8 Å². The number of ether oxygens (including phenoxy) is 1. The fourth-order valence-electron chi connectivity index (χ4n) is 3.48. The highest BCUT2D eigenvalue weighted by molar-refractivity contribution is 5.72. The molecule has 2 fully saturated rings. The van der Waals surface area contributed by atoms with Crippen LogP contribution in [0, 0.1) is 11.8 Å². The van der Waals surface area contributed by atoms with E-state index in [0.29, 0.717) is 51.3 Å². The summed E-state index contributed by atoms with van der Waals surface area (Å²) in [6.45, 7) is 6.49. The molecule has 1 aliphatic heterocycles. The Bertz CT molecular complexity index is 352. The fraction of sp³-hybridized carbons (Fsp3) is 0.938. The van der Waals surface area contributed by atoms with Gasteiger partial charge in [-0.05, 0) is 51.5 Å². The molecule has 1 saturated carbocycles. The minimum Gasteiger partial charge on any atom is -0.466 e. The number of esters is 1. The number of hydrogen-bond donors (Lipinski definition) is 2. The molecule has 0 aromatic rings. The first-order chi connectivity index (χ1) is 9.93. The van der Waals surface area contributed by atoms with Gasteiger partial charge in [0, 0.05) is 13.1 Å². The lowest BCUT2D eigenvalue weighted by Crippen LogP contribution is -2.51. The Morgan fingerprint density at radius 3 is 2.57 bits per heavy atom. The van der Waals surface area contributed by atoms with Crippen molar-refractivity contribution in [2.45, 2.75) is 57.7 Å². The molecule has 0 aromatic carbocycles. The van der Waals surface area contributed by atoms with Gasteiger partial charge in [0.15, 0.2) is 0 Å². The van der Waals surface area contributed by atoms with E-state index in [9.17, 15) is 15.0 Å². The van der Waals surface area contributed by atoms with Gasteiger partial charge in [-0.15, -0.1) is 0 Å². The number of carbonyl (C=O) groups is 1. The molecule has 0 bridgehead atoms. The first-order valence-corrected chi connectivity index (χ1v) is 8.23. The third kappa shape index (κ3) is 4.41. The highest BCUT2D eigenvalue weighted by Crippen LogP contribution is 2.34. The van der Waals surface area contributed by atoms with Crippen LogP contribution in [0.1, 0.15) is 46.0 Å². The van der Waals surface area contributed by atoms with Crippen molar-refractivity contribution in [3.63, 3.8) is 0 Å². The van der Waals surface area contributed by atoms with Crippen molar-refractivity contribution in [2.75, 3.05) is 26.2 Å². The first kappa shape index (κ1) is 16.7. The lowest BCUT2D eigenvalue weighted by molar-refractivity contribution is -0.151. The van der Waals surface area contributed by atoms with Crippen molar-refractivity contribution in [3.8, 4) is 0 Å². The zero-order valence-corrected chi connectivity index (χ0v) is 13.3. The average molecular weight is 299 g/mol. The standard InChI is InChI=1S/C16H29NO4/c1-3-21-15(19)13-4-7-16(20,8-5-13)11-17-9-6-12(2)14(18)10-17/h12-14,18,20H,3-11H2,1-2H3. The zero-order valence-electron chi connectivity index (χ0n) is 13.3. The van der Waals surface area contributed by atoms with Crippen molar-refractivity contribution >= 4 is 5.97 Å². The van der Waals surface area contributed by atoms with E-state index in [1.54, 1.807) is 0 Å². The predicted octanol–water partition coefficient (Wildman–Crippen LogP) is 1.17. The van der Waals surface area contributed by atoms with Gasteiger partial charge >= 0.3 is 5.97 Å². The Morgan fingerprint density at radius 1 is 1.33 bits per heavy atom. The molecule has 5 nitrogen and oxygen atoms in total. The van der Waals surface area contributed by atoms with Crippen LogP contribution in [0.4, 0.5) is 0 Å². The van der Waals surface area contributed by atoms with Gasteiger partial charge in [0.2, 0.25) is 0 Å². The summed E-state index contributed by atoms with van der Waals surface area (Å²) in [6.07, 6.45) is 3.35. The van der Waals surface area contributed by atoms with Gasteiger partial charge in [0.1, 0.15) is 0 Å². The number of likely N-dealkylation sites (tertiary alicyclic amines) is 1. The minimum absolute atomic E-state index is 0.0582. The molecule has 1 heterocycles. The number of aliphatic hydroxyl groups excluding tert-OH is 1. The summed E-state index contributed by atoms with van der Waals surface area (Å²) in [7, 11) is 0. The molecule has 2 unspecified atom stereocenters. The summed E-state index contributed by atoms with van der Waals surface area (Å²) in [5, 5.41) is 20.7. The van der Waals surface area contributed by atoms with Crippen LogP contribution < -0.4 is 0 Å². The van der Waals surface area contributed by atoms with Crippen LogP contribution in [0.3, 0.4) is 0 Å².